The molecule has 0 bridgehead atoms. The van der Waals surface area contributed by atoms with Crippen molar-refractivity contribution in [2.75, 3.05) is 13.2 Å². The molecule has 2 rings (SSSR count). The van der Waals surface area contributed by atoms with Crippen LogP contribution in [0.25, 0.3) is 5.57 Å². The summed E-state index contributed by atoms with van der Waals surface area (Å²) in [5.41, 5.74) is 0.651. The molecule has 20 heavy (non-hydrogen) atoms. The largest absolute Gasteiger partial charge is 0.501 e. The van der Waals surface area contributed by atoms with Crippen LogP contribution in [-0.4, -0.2) is 23.8 Å². The molecule has 1 aromatic rings. The van der Waals surface area contributed by atoms with E-state index in [0.717, 1.165) is 18.4 Å². The van der Waals surface area contributed by atoms with Crippen LogP contribution in [0.1, 0.15) is 42.9 Å². The van der Waals surface area contributed by atoms with E-state index in [1.807, 2.05) is 6.92 Å². The number of ether oxygens (including phenoxy) is 2. The van der Waals surface area contributed by atoms with Gasteiger partial charge in [-0.2, -0.15) is 4.57 Å². The van der Waals surface area contributed by atoms with Crippen molar-refractivity contribution in [2.24, 2.45) is 0 Å². The number of H-pyrrole nitrogens is 1. The van der Waals surface area contributed by atoms with Gasteiger partial charge in [0.15, 0.2) is 5.56 Å². The van der Waals surface area contributed by atoms with Crippen LogP contribution < -0.4 is 10.5 Å². The van der Waals surface area contributed by atoms with Gasteiger partial charge in [0.1, 0.15) is 6.20 Å². The number of esters is 1. The maximum atomic E-state index is 12.3. The minimum absolute atomic E-state index is 0.0354. The van der Waals surface area contributed by atoms with E-state index in [1.54, 1.807) is 17.8 Å². The number of carbonyl (C=O) groups excluding carboxylic acids is 1. The van der Waals surface area contributed by atoms with E-state index < -0.39 is 5.97 Å². The number of hydrogen-bond acceptors (Lipinski definition) is 4. The van der Waals surface area contributed by atoms with E-state index in [1.165, 1.54) is 6.20 Å². The molecule has 108 valence electrons. The summed E-state index contributed by atoms with van der Waals surface area (Å²) < 4.78 is 11.7. The molecule has 0 aliphatic carbocycles. The van der Waals surface area contributed by atoms with Crippen molar-refractivity contribution < 1.29 is 19.3 Å². The number of hydrogen-bond donors (Lipinski definition) is 0. The van der Waals surface area contributed by atoms with Gasteiger partial charge in [-0.15, -0.1) is 0 Å². The SMILES string of the molecule is CCO/C=C1\CCCn2c1[nH+]cc(C(=O)OCC)c2=O. The van der Waals surface area contributed by atoms with E-state index in [2.05, 4.69) is 4.98 Å². The fourth-order valence-electron chi connectivity index (χ4n) is 2.21. The molecule has 0 saturated carbocycles. The molecular weight excluding hydrogens is 260 g/mol. The summed E-state index contributed by atoms with van der Waals surface area (Å²) >= 11 is 0. The summed E-state index contributed by atoms with van der Waals surface area (Å²) in [5.74, 6) is 0.104. The van der Waals surface area contributed by atoms with Gasteiger partial charge in [0.25, 0.3) is 5.82 Å². The molecule has 6 heteroatoms. The predicted octanol–water partition coefficient (Wildman–Crippen LogP) is 1.01. The molecule has 0 saturated heterocycles. The van der Waals surface area contributed by atoms with Gasteiger partial charge in [0.05, 0.1) is 31.6 Å². The summed E-state index contributed by atoms with van der Waals surface area (Å²) in [5, 5.41) is 0. The van der Waals surface area contributed by atoms with Crippen molar-refractivity contribution in [3.63, 3.8) is 0 Å². The van der Waals surface area contributed by atoms with Crippen LogP contribution in [-0.2, 0) is 16.0 Å². The second-order valence-electron chi connectivity index (χ2n) is 4.43. The molecule has 1 aliphatic heterocycles. The van der Waals surface area contributed by atoms with Gasteiger partial charge in [-0.1, -0.05) is 0 Å². The van der Waals surface area contributed by atoms with Crippen LogP contribution in [0, 0.1) is 0 Å². The summed E-state index contributed by atoms with van der Waals surface area (Å²) in [6.45, 7) is 5.02. The number of fused-ring (bicyclic) bond motifs is 1. The molecule has 0 fully saturated rings. The van der Waals surface area contributed by atoms with Gasteiger partial charge >= 0.3 is 11.5 Å². The first-order valence-electron chi connectivity index (χ1n) is 6.82. The fraction of sp³-hybridized carbons (Fsp3) is 0.500. The number of rotatable bonds is 4. The Morgan fingerprint density at radius 2 is 2.25 bits per heavy atom. The van der Waals surface area contributed by atoms with E-state index in [4.69, 9.17) is 9.47 Å². The number of nitrogens with one attached hydrogen (secondary N) is 1. The Bertz CT molecular complexity index is 589. The van der Waals surface area contributed by atoms with E-state index >= 15 is 0 Å². The molecule has 6 nitrogen and oxygen atoms in total. The Kier molecular flexibility index (Phi) is 4.55. The Hall–Kier alpha value is -2.11. The smallest absolute Gasteiger partial charge is 0.352 e. The van der Waals surface area contributed by atoms with E-state index in [0.29, 0.717) is 19.0 Å². The number of aromatic amines is 1. The van der Waals surface area contributed by atoms with Gasteiger partial charge in [0, 0.05) is 0 Å². The molecule has 0 radical (unpaired) electrons. The minimum atomic E-state index is -0.593. The zero-order valence-electron chi connectivity index (χ0n) is 11.8. The lowest BCUT2D eigenvalue weighted by Gasteiger charge is -2.14. The second kappa shape index (κ2) is 6.36. The second-order valence-corrected chi connectivity index (χ2v) is 4.43. The first-order chi connectivity index (χ1) is 9.69. The number of allylic oxidation sites excluding steroid dienone is 1. The maximum Gasteiger partial charge on any atom is 0.352 e. The lowest BCUT2D eigenvalue weighted by Crippen LogP contribution is -2.38. The van der Waals surface area contributed by atoms with Crippen LogP contribution >= 0.6 is 0 Å². The van der Waals surface area contributed by atoms with Crippen LogP contribution in [0.4, 0.5) is 0 Å². The number of carbonyl (C=O) groups is 1. The summed E-state index contributed by atoms with van der Waals surface area (Å²) in [6.07, 6.45) is 4.77. The zero-order valence-corrected chi connectivity index (χ0v) is 11.8. The third kappa shape index (κ3) is 2.74. The topological polar surface area (TPSA) is 71.7 Å². The molecule has 2 heterocycles. The molecule has 0 unspecified atom stereocenters. The van der Waals surface area contributed by atoms with Crippen LogP contribution in [0.15, 0.2) is 17.3 Å². The van der Waals surface area contributed by atoms with Crippen molar-refractivity contribution >= 4 is 11.5 Å². The summed E-state index contributed by atoms with van der Waals surface area (Å²) in [4.78, 5) is 27.0. The Labute approximate surface area is 117 Å². The van der Waals surface area contributed by atoms with Gasteiger partial charge in [-0.3, -0.25) is 0 Å². The van der Waals surface area contributed by atoms with Gasteiger partial charge in [-0.25, -0.2) is 14.6 Å². The van der Waals surface area contributed by atoms with Crippen molar-refractivity contribution in [3.05, 3.63) is 34.2 Å². The molecule has 1 aromatic heterocycles. The summed E-state index contributed by atoms with van der Waals surface area (Å²) in [6, 6.07) is 0. The van der Waals surface area contributed by atoms with Crippen molar-refractivity contribution in [1.82, 2.24) is 4.57 Å². The highest BCUT2D eigenvalue weighted by atomic mass is 16.5. The average Bonchev–Trinajstić information content (AvgIpc) is 2.46. The average molecular weight is 279 g/mol. The highest BCUT2D eigenvalue weighted by Crippen LogP contribution is 2.21. The third-order valence-electron chi connectivity index (χ3n) is 3.12. The molecule has 0 spiro atoms. The fourth-order valence-corrected chi connectivity index (χ4v) is 2.21. The quantitative estimate of drug-likeness (QED) is 0.609. The molecular formula is C14H19N2O4+. The van der Waals surface area contributed by atoms with Gasteiger partial charge < -0.3 is 9.47 Å². The molecule has 1 aliphatic rings. The molecule has 0 atom stereocenters. The van der Waals surface area contributed by atoms with Crippen LogP contribution in [0.2, 0.25) is 0 Å². The number of nitrogens with zero attached hydrogens (tertiary/aromatic N) is 1. The van der Waals surface area contributed by atoms with Crippen molar-refractivity contribution in [2.45, 2.75) is 33.2 Å². The molecule has 0 aromatic carbocycles. The molecule has 1 N–H and O–H groups in total. The maximum absolute atomic E-state index is 12.3. The van der Waals surface area contributed by atoms with Crippen LogP contribution in [0.3, 0.4) is 0 Å². The van der Waals surface area contributed by atoms with Gasteiger partial charge in [0.2, 0.25) is 0 Å². The lowest BCUT2D eigenvalue weighted by molar-refractivity contribution is -0.391. The first kappa shape index (κ1) is 14.3. The van der Waals surface area contributed by atoms with Crippen molar-refractivity contribution in [3.8, 4) is 0 Å². The standard InChI is InChI=1S/C14H18N2O4/c1-3-19-9-10-6-5-7-16-12(10)15-8-11(13(16)17)14(18)20-4-2/h8-9H,3-7H2,1-2H3/p+1/b10-9+. The highest BCUT2D eigenvalue weighted by Gasteiger charge is 2.28. The van der Waals surface area contributed by atoms with E-state index in [9.17, 15) is 9.59 Å². The summed E-state index contributed by atoms with van der Waals surface area (Å²) in [7, 11) is 0. The highest BCUT2D eigenvalue weighted by molar-refractivity contribution is 5.88. The zero-order chi connectivity index (χ0) is 14.5. The first-order valence-corrected chi connectivity index (χ1v) is 6.82. The Balaban J connectivity index is 2.43. The number of aromatic nitrogens is 2. The van der Waals surface area contributed by atoms with Gasteiger partial charge in [-0.05, 0) is 26.7 Å². The predicted molar refractivity (Wildman–Crippen MR) is 72.1 cm³/mol. The minimum Gasteiger partial charge on any atom is -0.501 e. The molecule has 0 amide bonds. The Morgan fingerprint density at radius 1 is 1.45 bits per heavy atom. The van der Waals surface area contributed by atoms with Crippen molar-refractivity contribution in [1.29, 1.82) is 0 Å². The van der Waals surface area contributed by atoms with E-state index in [-0.39, 0.29) is 17.7 Å². The Morgan fingerprint density at radius 3 is 2.95 bits per heavy atom. The third-order valence-corrected chi connectivity index (χ3v) is 3.12. The normalized spacial score (nSPS) is 15.8. The monoisotopic (exact) mass is 279 g/mol. The van der Waals surface area contributed by atoms with Crippen LogP contribution in [0.5, 0.6) is 0 Å². The lowest BCUT2D eigenvalue weighted by atomic mass is 10.1.